The summed E-state index contributed by atoms with van der Waals surface area (Å²) in [4.78, 5) is 25.1. The van der Waals surface area contributed by atoms with E-state index in [1.54, 1.807) is 0 Å². The van der Waals surface area contributed by atoms with Crippen LogP contribution in [0.3, 0.4) is 0 Å². The summed E-state index contributed by atoms with van der Waals surface area (Å²) in [6, 6.07) is 12.4. The fourth-order valence-corrected chi connectivity index (χ4v) is 6.07. The van der Waals surface area contributed by atoms with Crippen molar-refractivity contribution < 1.29 is 4.42 Å². The number of benzene rings is 5. The van der Waals surface area contributed by atoms with Crippen LogP contribution in [-0.4, -0.2) is 0 Å². The molecule has 0 unspecified atom stereocenters. The van der Waals surface area contributed by atoms with E-state index in [1.165, 1.54) is 5.39 Å². The molecule has 0 fully saturated rings. The molecule has 1 aromatic heterocycles. The molecule has 0 amide bonds. The summed E-state index contributed by atoms with van der Waals surface area (Å²) in [7, 11) is 0. The lowest BCUT2D eigenvalue weighted by atomic mass is 9.95. The van der Waals surface area contributed by atoms with Gasteiger partial charge in [-0.25, -0.2) is 9.59 Å². The molecular weight excluding hydrogens is 472 g/mol. The average molecular weight is 478 g/mol. The number of hydrogen-bond acceptors (Lipinski definition) is 3. The molecule has 0 aliphatic carbocycles. The van der Waals surface area contributed by atoms with Crippen LogP contribution in [0.2, 0.25) is 0 Å². The minimum Gasteiger partial charge on any atom is -0.386 e. The molecule has 0 N–H and O–H groups in total. The molecule has 1 heterocycles. The first-order chi connectivity index (χ1) is 13.1. The second-order valence-corrected chi connectivity index (χ2v) is 8.77. The predicted octanol–water partition coefficient (Wildman–Crippen LogP) is 6.20. The highest BCUT2D eigenvalue weighted by Gasteiger charge is 2.27. The van der Waals surface area contributed by atoms with Crippen molar-refractivity contribution in [3.63, 3.8) is 0 Å². The highest BCUT2D eigenvalue weighted by molar-refractivity contribution is 9.11. The minimum absolute atomic E-state index is 0.376. The van der Waals surface area contributed by atoms with Crippen molar-refractivity contribution in [2.45, 2.75) is 0 Å². The standard InChI is InChI=1S/C22H6Br2O3/c23-12-5-10-17-15-8(12)3-1-7-2-4-9-13(24)6-11(18(17)16(9)14(7)15)20-19(10)21(25)27-22(20)26/h1-6H. The molecule has 0 aliphatic rings. The Morgan fingerprint density at radius 3 is 1.48 bits per heavy atom. The summed E-state index contributed by atoms with van der Waals surface area (Å²) in [6.07, 6.45) is 0. The summed E-state index contributed by atoms with van der Waals surface area (Å²) in [6.45, 7) is 0. The molecule has 5 heteroatoms. The van der Waals surface area contributed by atoms with Crippen LogP contribution >= 0.6 is 31.9 Å². The zero-order chi connectivity index (χ0) is 18.2. The second kappa shape index (κ2) is 4.32. The molecule has 0 aliphatic heterocycles. The third kappa shape index (κ3) is 1.42. The number of fused-ring (bicyclic) bond motifs is 3. The van der Waals surface area contributed by atoms with Gasteiger partial charge in [-0.2, -0.15) is 0 Å². The lowest BCUT2D eigenvalue weighted by Gasteiger charge is -2.08. The van der Waals surface area contributed by atoms with Crippen molar-refractivity contribution in [2.24, 2.45) is 0 Å². The smallest absolute Gasteiger partial charge is 0.347 e. The first-order valence-corrected chi connectivity index (χ1v) is 10.0. The summed E-state index contributed by atoms with van der Waals surface area (Å²) < 4.78 is 6.82. The molecule has 0 saturated carbocycles. The number of rotatable bonds is 0. The molecule has 0 spiro atoms. The van der Waals surface area contributed by atoms with Crippen molar-refractivity contribution in [1.82, 2.24) is 0 Å². The minimum atomic E-state index is -0.567. The maximum absolute atomic E-state index is 12.5. The highest BCUT2D eigenvalue weighted by Crippen LogP contribution is 2.52. The van der Waals surface area contributed by atoms with Gasteiger partial charge in [0, 0.05) is 8.95 Å². The van der Waals surface area contributed by atoms with E-state index in [4.69, 9.17) is 4.42 Å². The van der Waals surface area contributed by atoms with Gasteiger partial charge in [-0.3, -0.25) is 0 Å². The van der Waals surface area contributed by atoms with E-state index in [0.29, 0.717) is 10.8 Å². The molecule has 7 aromatic rings. The normalized spacial score (nSPS) is 13.1. The Labute approximate surface area is 166 Å². The van der Waals surface area contributed by atoms with Crippen molar-refractivity contribution in [2.75, 3.05) is 0 Å². The summed E-state index contributed by atoms with van der Waals surface area (Å²) in [5, 5.41) is 11.2. The lowest BCUT2D eigenvalue weighted by Crippen LogP contribution is -1.94. The van der Waals surface area contributed by atoms with Gasteiger partial charge in [-0.1, -0.05) is 56.1 Å². The molecule has 126 valence electrons. The van der Waals surface area contributed by atoms with E-state index in [-0.39, 0.29) is 0 Å². The predicted molar refractivity (Wildman–Crippen MR) is 116 cm³/mol. The van der Waals surface area contributed by atoms with E-state index in [2.05, 4.69) is 56.1 Å². The maximum Gasteiger partial charge on any atom is 0.347 e. The molecule has 7 rings (SSSR count). The topological polar surface area (TPSA) is 47.3 Å². The summed E-state index contributed by atoms with van der Waals surface area (Å²) >= 11 is 7.34. The Morgan fingerprint density at radius 2 is 1.00 bits per heavy atom. The third-order valence-electron chi connectivity index (χ3n) is 5.91. The van der Waals surface area contributed by atoms with Crippen LogP contribution in [0.1, 0.15) is 0 Å². The van der Waals surface area contributed by atoms with Crippen molar-refractivity contribution >= 4 is 96.5 Å². The van der Waals surface area contributed by atoms with E-state index in [9.17, 15) is 9.59 Å². The highest BCUT2D eigenvalue weighted by atomic mass is 79.9. The van der Waals surface area contributed by atoms with Crippen LogP contribution in [0.4, 0.5) is 0 Å². The molecule has 3 nitrogen and oxygen atoms in total. The SMILES string of the molecule is O=c1oc(=O)c2c3cc(Br)c4ccc5ccc6c(Br)cc(c12)c1c6c5c4c31. The number of furan rings is 1. The summed E-state index contributed by atoms with van der Waals surface area (Å²) in [5.41, 5.74) is -1.13. The summed E-state index contributed by atoms with van der Waals surface area (Å²) in [5.74, 6) is 0. The Balaban J connectivity index is 2.12. The van der Waals surface area contributed by atoms with Gasteiger partial charge in [0.1, 0.15) is 0 Å². The quantitative estimate of drug-likeness (QED) is 0.244. The zero-order valence-corrected chi connectivity index (χ0v) is 16.6. The lowest BCUT2D eigenvalue weighted by molar-refractivity contribution is 0.500. The first-order valence-electron chi connectivity index (χ1n) is 8.42. The van der Waals surface area contributed by atoms with E-state index < -0.39 is 11.3 Å². The molecule has 0 bridgehead atoms. The first kappa shape index (κ1) is 14.5. The number of hydrogen-bond donors (Lipinski definition) is 0. The van der Waals surface area contributed by atoms with Gasteiger partial charge < -0.3 is 4.42 Å². The Morgan fingerprint density at radius 1 is 0.556 bits per heavy atom. The number of halogens is 2. The van der Waals surface area contributed by atoms with Gasteiger partial charge in [-0.15, -0.1) is 0 Å². The van der Waals surface area contributed by atoms with Gasteiger partial charge in [0.25, 0.3) is 0 Å². The van der Waals surface area contributed by atoms with Crippen LogP contribution < -0.4 is 11.3 Å². The van der Waals surface area contributed by atoms with Crippen LogP contribution in [0, 0.1) is 0 Å². The molecular formula is C22H6Br2O3. The van der Waals surface area contributed by atoms with Gasteiger partial charge in [0.2, 0.25) is 0 Å². The van der Waals surface area contributed by atoms with Gasteiger partial charge in [0.05, 0.1) is 10.8 Å². The van der Waals surface area contributed by atoms with E-state index in [1.807, 2.05) is 12.1 Å². The molecule has 0 atom stereocenters. The van der Waals surface area contributed by atoms with Gasteiger partial charge in [0.15, 0.2) is 0 Å². The van der Waals surface area contributed by atoms with Gasteiger partial charge >= 0.3 is 11.3 Å². The van der Waals surface area contributed by atoms with E-state index in [0.717, 1.165) is 57.4 Å². The van der Waals surface area contributed by atoms with Crippen molar-refractivity contribution in [1.29, 1.82) is 0 Å². The van der Waals surface area contributed by atoms with Crippen LogP contribution in [-0.2, 0) is 0 Å². The Bertz CT molecular complexity index is 1700. The monoisotopic (exact) mass is 476 g/mol. The molecule has 0 saturated heterocycles. The average Bonchev–Trinajstić information content (AvgIpc) is 3.15. The van der Waals surface area contributed by atoms with Crippen molar-refractivity contribution in [3.8, 4) is 0 Å². The molecule has 0 radical (unpaired) electrons. The Hall–Kier alpha value is -2.50. The Kier molecular flexibility index (Phi) is 2.33. The second-order valence-electron chi connectivity index (χ2n) is 7.06. The van der Waals surface area contributed by atoms with Gasteiger partial charge in [-0.05, 0) is 66.0 Å². The van der Waals surface area contributed by atoms with E-state index >= 15 is 0 Å². The fraction of sp³-hybridized carbons (Fsp3) is 0. The zero-order valence-electron chi connectivity index (χ0n) is 13.4. The van der Waals surface area contributed by atoms with Crippen molar-refractivity contribution in [3.05, 3.63) is 66.2 Å². The largest absolute Gasteiger partial charge is 0.386 e. The maximum atomic E-state index is 12.5. The molecule has 6 aromatic carbocycles. The van der Waals surface area contributed by atoms with Crippen LogP contribution in [0.5, 0.6) is 0 Å². The third-order valence-corrected chi connectivity index (χ3v) is 7.23. The fourth-order valence-electron chi connectivity index (χ4n) is 4.95. The van der Waals surface area contributed by atoms with Crippen LogP contribution in [0.15, 0.2) is 59.3 Å². The van der Waals surface area contributed by atoms with Crippen LogP contribution in [0.25, 0.3) is 64.6 Å². The molecule has 27 heavy (non-hydrogen) atoms.